The molecule has 6 heteroatoms. The molecule has 0 saturated heterocycles. The highest BCUT2D eigenvalue weighted by molar-refractivity contribution is 7.20. The van der Waals surface area contributed by atoms with E-state index in [0.717, 1.165) is 45.1 Å². The van der Waals surface area contributed by atoms with Crippen molar-refractivity contribution in [3.05, 3.63) is 253 Å². The number of hydrogen-bond donors (Lipinski definition) is 0. The lowest BCUT2D eigenvalue weighted by molar-refractivity contribution is 0.483. The van der Waals surface area contributed by atoms with Gasteiger partial charge in [0, 0.05) is 40.5 Å². The standard InChI is InChI=1S/C72H68N4OSi/c1-70(2,3)52-40-41-73-68(46-52)76-64-39-36-51(50-24-14-10-15-25-50)42-63(64)62-38-37-58(48-66(62)76)77-57-27-22-26-55(47-57)74-49-75(56-44-53(71(4,5)6)43-54(45-56)72(7,8)9)69-65(74)34-23-35-67(69)78(59-28-16-11-17-29-59,60-30-18-12-19-31-60)61-32-20-13-21-33-61/h10-48H,49H2,1-9H3. The lowest BCUT2D eigenvalue weighted by Crippen LogP contribution is -2.75. The van der Waals surface area contributed by atoms with Crippen molar-refractivity contribution in [2.75, 3.05) is 16.5 Å². The van der Waals surface area contributed by atoms with Crippen LogP contribution in [0.25, 0.3) is 38.8 Å². The van der Waals surface area contributed by atoms with Crippen molar-refractivity contribution >= 4 is 73.4 Å². The Kier molecular flexibility index (Phi) is 12.6. The third kappa shape index (κ3) is 9.08. The fourth-order valence-corrected chi connectivity index (χ4v) is 16.7. The van der Waals surface area contributed by atoms with Gasteiger partial charge in [-0.2, -0.15) is 0 Å². The van der Waals surface area contributed by atoms with Crippen LogP contribution in [0.2, 0.25) is 0 Å². The molecule has 0 atom stereocenters. The molecule has 12 rings (SSSR count). The Hall–Kier alpha value is -8.45. The monoisotopic (exact) mass is 1030 g/mol. The van der Waals surface area contributed by atoms with Crippen LogP contribution in [0, 0.1) is 0 Å². The summed E-state index contributed by atoms with van der Waals surface area (Å²) in [6.07, 6.45) is 1.94. The number of anilines is 4. The molecule has 0 unspecified atom stereocenters. The van der Waals surface area contributed by atoms with Crippen LogP contribution < -0.4 is 35.3 Å². The smallest absolute Gasteiger partial charge is 0.181 e. The van der Waals surface area contributed by atoms with E-state index < -0.39 is 8.07 Å². The Bertz CT molecular complexity index is 3850. The number of hydrogen-bond acceptors (Lipinski definition) is 4. The Balaban J connectivity index is 1.02. The van der Waals surface area contributed by atoms with Crippen molar-refractivity contribution in [2.24, 2.45) is 0 Å². The molecule has 1 aliphatic heterocycles. The number of pyridine rings is 1. The molecule has 0 saturated carbocycles. The SMILES string of the molecule is CC(C)(C)c1cc(N2CN(c3cccc(Oc4ccc5c6cc(-c7ccccc7)ccc6n(-c6cc(C(C)(C)C)ccn6)c5c4)c3)c3cccc([Si](c4ccccc4)(c4ccccc4)c4ccccc4)c32)cc(C(C)(C)C)c1. The molecular formula is C72H68N4OSi. The number of benzene rings is 9. The van der Waals surface area contributed by atoms with E-state index in [2.05, 4.69) is 307 Å². The molecule has 0 N–H and O–H groups in total. The number of rotatable bonds is 10. The normalized spacial score (nSPS) is 13.1. The molecular weight excluding hydrogens is 965 g/mol. The zero-order valence-corrected chi connectivity index (χ0v) is 47.4. The minimum atomic E-state index is -3.02. The Morgan fingerprint density at radius 1 is 0.410 bits per heavy atom. The lowest BCUT2D eigenvalue weighted by atomic mass is 9.80. The van der Waals surface area contributed by atoms with Crippen molar-refractivity contribution < 1.29 is 4.74 Å². The first-order valence-electron chi connectivity index (χ1n) is 27.5. The van der Waals surface area contributed by atoms with Gasteiger partial charge in [-0.3, -0.25) is 4.57 Å². The summed E-state index contributed by atoms with van der Waals surface area (Å²) in [4.78, 5) is 10.1. The van der Waals surface area contributed by atoms with Gasteiger partial charge in [0.05, 0.1) is 22.4 Å². The maximum absolute atomic E-state index is 7.03. The van der Waals surface area contributed by atoms with Crippen molar-refractivity contribution in [2.45, 2.75) is 78.6 Å². The molecule has 0 bridgehead atoms. The van der Waals surface area contributed by atoms with E-state index >= 15 is 0 Å². The van der Waals surface area contributed by atoms with E-state index in [1.165, 1.54) is 65.3 Å². The van der Waals surface area contributed by atoms with Gasteiger partial charge in [0.25, 0.3) is 0 Å². The quantitative estimate of drug-likeness (QED) is 0.101. The number of fused-ring (bicyclic) bond motifs is 4. The summed E-state index contributed by atoms with van der Waals surface area (Å²) in [5, 5.41) is 7.68. The van der Waals surface area contributed by atoms with E-state index in [-0.39, 0.29) is 16.2 Å². The largest absolute Gasteiger partial charge is 0.457 e. The van der Waals surface area contributed by atoms with Crippen LogP contribution in [-0.2, 0) is 16.2 Å². The molecule has 78 heavy (non-hydrogen) atoms. The highest BCUT2D eigenvalue weighted by atomic mass is 28.3. The maximum Gasteiger partial charge on any atom is 0.181 e. The van der Waals surface area contributed by atoms with Crippen LogP contribution in [0.5, 0.6) is 11.5 Å². The molecule has 2 aromatic heterocycles. The number of para-hydroxylation sites is 1. The molecule has 11 aromatic rings. The Morgan fingerprint density at radius 3 is 1.59 bits per heavy atom. The second kappa shape index (κ2) is 19.5. The molecule has 0 amide bonds. The average molecular weight is 1030 g/mol. The number of nitrogens with zero attached hydrogens (tertiary/aromatic N) is 4. The molecule has 9 aromatic carbocycles. The average Bonchev–Trinajstić information content (AvgIpc) is 4.13. The van der Waals surface area contributed by atoms with Crippen LogP contribution in [0.15, 0.2) is 237 Å². The highest BCUT2D eigenvalue weighted by Crippen LogP contribution is 2.47. The summed E-state index contributed by atoms with van der Waals surface area (Å²) < 4.78 is 9.34. The molecule has 3 heterocycles. The third-order valence-electron chi connectivity index (χ3n) is 15.9. The van der Waals surface area contributed by atoms with E-state index in [1.807, 2.05) is 6.20 Å². The van der Waals surface area contributed by atoms with Gasteiger partial charge in [-0.05, 0) is 132 Å². The lowest BCUT2D eigenvalue weighted by Gasteiger charge is -2.37. The van der Waals surface area contributed by atoms with E-state index in [1.54, 1.807) is 0 Å². The van der Waals surface area contributed by atoms with Gasteiger partial charge in [0.15, 0.2) is 8.07 Å². The molecule has 5 nitrogen and oxygen atoms in total. The summed E-state index contributed by atoms with van der Waals surface area (Å²) >= 11 is 0. The topological polar surface area (TPSA) is 33.5 Å². The summed E-state index contributed by atoms with van der Waals surface area (Å²) in [6, 6.07) is 85.2. The van der Waals surface area contributed by atoms with Crippen molar-refractivity contribution in [1.82, 2.24) is 9.55 Å². The first-order chi connectivity index (χ1) is 37.6. The second-order valence-corrected chi connectivity index (χ2v) is 27.9. The van der Waals surface area contributed by atoms with Crippen LogP contribution in [-0.4, -0.2) is 24.3 Å². The Labute approximate surface area is 462 Å². The van der Waals surface area contributed by atoms with Crippen molar-refractivity contribution in [3.63, 3.8) is 0 Å². The predicted octanol–water partition coefficient (Wildman–Crippen LogP) is 16.2. The van der Waals surface area contributed by atoms with E-state index in [0.29, 0.717) is 6.67 Å². The van der Waals surface area contributed by atoms with Crippen molar-refractivity contribution in [3.8, 4) is 28.4 Å². The first kappa shape index (κ1) is 50.4. The van der Waals surface area contributed by atoms with Gasteiger partial charge in [0.2, 0.25) is 0 Å². The van der Waals surface area contributed by atoms with Gasteiger partial charge >= 0.3 is 0 Å². The van der Waals surface area contributed by atoms with Gasteiger partial charge in [-0.1, -0.05) is 214 Å². The summed E-state index contributed by atoms with van der Waals surface area (Å²) in [6.45, 7) is 21.4. The summed E-state index contributed by atoms with van der Waals surface area (Å²) in [7, 11) is -3.02. The molecule has 0 radical (unpaired) electrons. The fourth-order valence-electron chi connectivity index (χ4n) is 11.7. The zero-order valence-electron chi connectivity index (χ0n) is 46.4. The number of ether oxygens (including phenoxy) is 1. The summed E-state index contributed by atoms with van der Waals surface area (Å²) in [5.74, 6) is 2.39. The molecule has 386 valence electrons. The minimum Gasteiger partial charge on any atom is -0.457 e. The first-order valence-corrected chi connectivity index (χ1v) is 29.5. The second-order valence-electron chi connectivity index (χ2n) is 24.2. The third-order valence-corrected chi connectivity index (χ3v) is 20.7. The highest BCUT2D eigenvalue weighted by Gasteiger charge is 2.46. The van der Waals surface area contributed by atoms with Crippen LogP contribution in [0.3, 0.4) is 0 Å². The summed E-state index contributed by atoms with van der Waals surface area (Å²) in [5.41, 5.74) is 12.8. The van der Waals surface area contributed by atoms with E-state index in [9.17, 15) is 0 Å². The van der Waals surface area contributed by atoms with Crippen molar-refractivity contribution in [1.29, 1.82) is 0 Å². The molecule has 0 spiro atoms. The fraction of sp³-hybridized carbons (Fsp3) is 0.181. The van der Waals surface area contributed by atoms with Gasteiger partial charge in [-0.15, -0.1) is 0 Å². The molecule has 0 fully saturated rings. The number of aromatic nitrogens is 2. The minimum absolute atomic E-state index is 0.0484. The van der Waals surface area contributed by atoms with Crippen LogP contribution in [0.1, 0.15) is 79.0 Å². The van der Waals surface area contributed by atoms with Crippen LogP contribution in [0.4, 0.5) is 22.7 Å². The predicted molar refractivity (Wildman–Crippen MR) is 332 cm³/mol. The zero-order chi connectivity index (χ0) is 54.0. The molecule has 0 aliphatic carbocycles. The van der Waals surface area contributed by atoms with Crippen LogP contribution >= 0.6 is 0 Å². The van der Waals surface area contributed by atoms with E-state index in [4.69, 9.17) is 9.72 Å². The Morgan fingerprint density at radius 2 is 0.987 bits per heavy atom. The maximum atomic E-state index is 7.03. The molecule has 1 aliphatic rings. The van der Waals surface area contributed by atoms with Gasteiger partial charge in [0.1, 0.15) is 24.0 Å². The van der Waals surface area contributed by atoms with Gasteiger partial charge in [-0.25, -0.2) is 4.98 Å². The van der Waals surface area contributed by atoms with Gasteiger partial charge < -0.3 is 14.5 Å².